The first-order valence-electron chi connectivity index (χ1n) is 13.6. The van der Waals surface area contributed by atoms with Crippen LogP contribution in [0.2, 0.25) is 0 Å². The summed E-state index contributed by atoms with van der Waals surface area (Å²) in [5.74, 6) is 1.05. The molecule has 0 saturated carbocycles. The third-order valence-electron chi connectivity index (χ3n) is 6.58. The number of nitrogens with zero attached hydrogens (tertiary/aromatic N) is 4. The molecule has 40 heavy (non-hydrogen) atoms. The van der Waals surface area contributed by atoms with Crippen molar-refractivity contribution in [1.82, 2.24) is 19.7 Å². The number of rotatable bonds is 13. The molecule has 0 bridgehead atoms. The Morgan fingerprint density at radius 1 is 1.00 bits per heavy atom. The van der Waals surface area contributed by atoms with Gasteiger partial charge in [0.05, 0.1) is 37.0 Å². The maximum Gasteiger partial charge on any atom is 0.305 e. The van der Waals surface area contributed by atoms with E-state index in [2.05, 4.69) is 20.4 Å². The highest BCUT2D eigenvalue weighted by molar-refractivity contribution is 5.92. The minimum Gasteiger partial charge on any atom is -0.494 e. The summed E-state index contributed by atoms with van der Waals surface area (Å²) >= 11 is 0. The molecule has 0 radical (unpaired) electrons. The van der Waals surface area contributed by atoms with Gasteiger partial charge in [-0.25, -0.2) is 14.4 Å². The van der Waals surface area contributed by atoms with Gasteiger partial charge in [0.1, 0.15) is 23.7 Å². The lowest BCUT2D eigenvalue weighted by atomic mass is 10.1. The van der Waals surface area contributed by atoms with Crippen LogP contribution in [0.1, 0.15) is 44.6 Å². The lowest BCUT2D eigenvalue weighted by Crippen LogP contribution is -2.03. The number of anilines is 2. The van der Waals surface area contributed by atoms with Crippen LogP contribution in [-0.2, 0) is 16.1 Å². The van der Waals surface area contributed by atoms with Gasteiger partial charge < -0.3 is 14.8 Å². The minimum atomic E-state index is -0.256. The molecular formula is C31H32FN5O3. The average molecular weight is 542 g/mol. The summed E-state index contributed by atoms with van der Waals surface area (Å²) < 4.78 is 26.4. The fourth-order valence-electron chi connectivity index (χ4n) is 4.61. The standard InChI is InChI=1S/C31H32FN5O3/c1-2-39-30(38)10-5-3-4-6-15-40-26-12-13-28-27(18-26)31(34-21-33-28)36-25-11-14-29-23(17-25)19-35-37(29)20-22-8-7-9-24(32)16-22/h7-9,11-14,16-19,21H,2-6,10,15,20H2,1H3,(H,33,34,36). The number of unbranched alkanes of at least 4 members (excludes halogenated alkanes) is 3. The van der Waals surface area contributed by atoms with E-state index in [0.29, 0.717) is 32.0 Å². The number of hydrogen-bond acceptors (Lipinski definition) is 7. The molecule has 5 rings (SSSR count). The number of esters is 1. The Hall–Kier alpha value is -4.53. The molecule has 0 fully saturated rings. The fourth-order valence-corrected chi connectivity index (χ4v) is 4.61. The van der Waals surface area contributed by atoms with E-state index in [4.69, 9.17) is 9.47 Å². The van der Waals surface area contributed by atoms with E-state index in [-0.39, 0.29) is 11.8 Å². The smallest absolute Gasteiger partial charge is 0.305 e. The van der Waals surface area contributed by atoms with E-state index < -0.39 is 0 Å². The highest BCUT2D eigenvalue weighted by Crippen LogP contribution is 2.28. The quantitative estimate of drug-likeness (QED) is 0.129. The van der Waals surface area contributed by atoms with Crippen LogP contribution in [0.25, 0.3) is 21.8 Å². The molecule has 0 aliphatic heterocycles. The molecule has 0 saturated heterocycles. The van der Waals surface area contributed by atoms with Gasteiger partial charge >= 0.3 is 5.97 Å². The molecule has 0 atom stereocenters. The molecule has 9 heteroatoms. The molecule has 0 unspecified atom stereocenters. The van der Waals surface area contributed by atoms with Crippen LogP contribution in [0.4, 0.5) is 15.9 Å². The SMILES string of the molecule is CCOC(=O)CCCCCCOc1ccc2ncnc(Nc3ccc4c(cnn4Cc4cccc(F)c4)c3)c2c1. The summed E-state index contributed by atoms with van der Waals surface area (Å²) in [6, 6.07) is 18.3. The number of carbonyl (C=O) groups is 1. The van der Waals surface area contributed by atoms with E-state index in [1.54, 1.807) is 12.3 Å². The van der Waals surface area contributed by atoms with Gasteiger partial charge in [-0.05, 0) is 73.9 Å². The zero-order valence-electron chi connectivity index (χ0n) is 22.5. The predicted molar refractivity (Wildman–Crippen MR) is 153 cm³/mol. The Morgan fingerprint density at radius 2 is 1.90 bits per heavy atom. The first kappa shape index (κ1) is 27.1. The summed E-state index contributed by atoms with van der Waals surface area (Å²) in [7, 11) is 0. The molecule has 2 heterocycles. The minimum absolute atomic E-state index is 0.127. The molecule has 5 aromatic rings. The van der Waals surface area contributed by atoms with E-state index in [1.807, 2.05) is 54.1 Å². The van der Waals surface area contributed by atoms with Crippen molar-refractivity contribution in [3.63, 3.8) is 0 Å². The summed E-state index contributed by atoms with van der Waals surface area (Å²) in [6.45, 7) is 3.33. The second kappa shape index (κ2) is 13.0. The van der Waals surface area contributed by atoms with E-state index in [0.717, 1.165) is 64.5 Å². The van der Waals surface area contributed by atoms with Gasteiger partial charge in [0, 0.05) is 22.9 Å². The first-order chi connectivity index (χ1) is 19.6. The van der Waals surface area contributed by atoms with Crippen molar-refractivity contribution in [1.29, 1.82) is 0 Å². The Balaban J connectivity index is 1.21. The molecule has 8 nitrogen and oxygen atoms in total. The molecule has 0 aliphatic carbocycles. The van der Waals surface area contributed by atoms with Crippen molar-refractivity contribution in [2.75, 3.05) is 18.5 Å². The van der Waals surface area contributed by atoms with Crippen molar-refractivity contribution in [2.24, 2.45) is 0 Å². The topological polar surface area (TPSA) is 91.2 Å². The van der Waals surface area contributed by atoms with Crippen molar-refractivity contribution in [2.45, 2.75) is 45.6 Å². The Morgan fingerprint density at radius 3 is 2.77 bits per heavy atom. The maximum atomic E-state index is 13.6. The van der Waals surface area contributed by atoms with Crippen molar-refractivity contribution >= 4 is 39.3 Å². The van der Waals surface area contributed by atoms with Gasteiger partial charge in [-0.2, -0.15) is 5.10 Å². The molecule has 0 aliphatic rings. The van der Waals surface area contributed by atoms with E-state index in [9.17, 15) is 9.18 Å². The second-order valence-electron chi connectivity index (χ2n) is 9.55. The highest BCUT2D eigenvalue weighted by Gasteiger charge is 2.09. The number of benzene rings is 3. The van der Waals surface area contributed by atoms with E-state index >= 15 is 0 Å². The number of fused-ring (bicyclic) bond motifs is 2. The zero-order valence-corrected chi connectivity index (χ0v) is 22.5. The molecule has 2 aromatic heterocycles. The molecular weight excluding hydrogens is 509 g/mol. The van der Waals surface area contributed by atoms with Crippen molar-refractivity contribution < 1.29 is 18.7 Å². The van der Waals surface area contributed by atoms with Crippen LogP contribution in [0, 0.1) is 5.82 Å². The fraction of sp³-hybridized carbons (Fsp3) is 0.290. The molecule has 3 aromatic carbocycles. The van der Waals surface area contributed by atoms with Crippen LogP contribution < -0.4 is 10.1 Å². The van der Waals surface area contributed by atoms with Crippen LogP contribution in [0.5, 0.6) is 5.75 Å². The Kier molecular flexibility index (Phi) is 8.80. The van der Waals surface area contributed by atoms with Crippen LogP contribution in [0.15, 0.2) is 73.2 Å². The summed E-state index contributed by atoms with van der Waals surface area (Å²) in [6.07, 6.45) is 7.52. The highest BCUT2D eigenvalue weighted by atomic mass is 19.1. The molecule has 0 spiro atoms. The maximum absolute atomic E-state index is 13.6. The number of nitrogens with one attached hydrogen (secondary N) is 1. The van der Waals surface area contributed by atoms with Gasteiger partial charge in [0.15, 0.2) is 0 Å². The third kappa shape index (κ3) is 6.91. The van der Waals surface area contributed by atoms with Crippen LogP contribution in [0.3, 0.4) is 0 Å². The normalized spacial score (nSPS) is 11.2. The zero-order chi connectivity index (χ0) is 27.7. The summed E-state index contributed by atoms with van der Waals surface area (Å²) in [5.41, 5.74) is 3.49. The number of hydrogen-bond donors (Lipinski definition) is 1. The first-order valence-corrected chi connectivity index (χ1v) is 13.6. The lowest BCUT2D eigenvalue weighted by molar-refractivity contribution is -0.143. The number of ether oxygens (including phenoxy) is 2. The van der Waals surface area contributed by atoms with Gasteiger partial charge in [0.2, 0.25) is 0 Å². The van der Waals surface area contributed by atoms with Gasteiger partial charge in [-0.1, -0.05) is 25.0 Å². The lowest BCUT2D eigenvalue weighted by Gasteiger charge is -2.11. The molecule has 206 valence electrons. The summed E-state index contributed by atoms with van der Waals surface area (Å²) in [5, 5.41) is 9.73. The number of halogens is 1. The van der Waals surface area contributed by atoms with E-state index in [1.165, 1.54) is 18.5 Å². The van der Waals surface area contributed by atoms with Gasteiger partial charge in [-0.15, -0.1) is 0 Å². The number of aromatic nitrogens is 4. The average Bonchev–Trinajstić information content (AvgIpc) is 3.34. The third-order valence-corrected chi connectivity index (χ3v) is 6.58. The summed E-state index contributed by atoms with van der Waals surface area (Å²) in [4.78, 5) is 20.3. The second-order valence-corrected chi connectivity index (χ2v) is 9.55. The van der Waals surface area contributed by atoms with Crippen LogP contribution >= 0.6 is 0 Å². The number of carbonyl (C=O) groups excluding carboxylic acids is 1. The van der Waals surface area contributed by atoms with Crippen molar-refractivity contribution in [3.05, 3.63) is 84.6 Å². The largest absolute Gasteiger partial charge is 0.494 e. The monoisotopic (exact) mass is 541 g/mol. The predicted octanol–water partition coefficient (Wildman–Crippen LogP) is 6.80. The Labute approximate surface area is 232 Å². The molecule has 1 N–H and O–H groups in total. The van der Waals surface area contributed by atoms with Gasteiger partial charge in [0.25, 0.3) is 0 Å². The molecule has 0 amide bonds. The van der Waals surface area contributed by atoms with Gasteiger partial charge in [-0.3, -0.25) is 9.48 Å². The Bertz CT molecular complexity index is 1600. The van der Waals surface area contributed by atoms with Crippen LogP contribution in [-0.4, -0.2) is 38.9 Å². The van der Waals surface area contributed by atoms with Crippen molar-refractivity contribution in [3.8, 4) is 5.75 Å².